The van der Waals surface area contributed by atoms with E-state index in [1.807, 2.05) is 25.1 Å². The van der Waals surface area contributed by atoms with Gasteiger partial charge in [0.2, 0.25) is 0 Å². The summed E-state index contributed by atoms with van der Waals surface area (Å²) >= 11 is 11.3. The molecule has 0 atom stereocenters. The molecule has 0 unspecified atom stereocenters. The van der Waals surface area contributed by atoms with Crippen LogP contribution >= 0.6 is 23.8 Å². The maximum Gasteiger partial charge on any atom is 0.270 e. The van der Waals surface area contributed by atoms with Crippen molar-refractivity contribution in [1.29, 1.82) is 0 Å². The SMILES string of the molecule is CCCCc1ccc(-n2nc3cc(C)c(NC(=S)NC(=O)c4ccc([N+](=O)[O-])cc4Cl)cc3n2)cc1. The summed E-state index contributed by atoms with van der Waals surface area (Å²) < 4.78 is 0. The zero-order valence-corrected chi connectivity index (χ0v) is 21.2. The van der Waals surface area contributed by atoms with Crippen molar-refractivity contribution in [3.63, 3.8) is 0 Å². The second-order valence-electron chi connectivity index (χ2n) is 8.24. The van der Waals surface area contributed by atoms with E-state index in [0.29, 0.717) is 11.2 Å². The zero-order valence-electron chi connectivity index (χ0n) is 19.6. The zero-order chi connectivity index (χ0) is 25.8. The molecular formula is C25H23ClN6O3S. The Hall–Kier alpha value is -3.89. The summed E-state index contributed by atoms with van der Waals surface area (Å²) in [5, 5.41) is 25.6. The van der Waals surface area contributed by atoms with Gasteiger partial charge in [-0.2, -0.15) is 4.80 Å². The van der Waals surface area contributed by atoms with Gasteiger partial charge in [-0.15, -0.1) is 10.2 Å². The van der Waals surface area contributed by atoms with Crippen molar-refractivity contribution in [2.75, 3.05) is 5.32 Å². The number of fused-ring (bicyclic) bond motifs is 1. The molecule has 4 rings (SSSR count). The number of rotatable bonds is 7. The van der Waals surface area contributed by atoms with Crippen molar-refractivity contribution < 1.29 is 9.72 Å². The van der Waals surface area contributed by atoms with Gasteiger partial charge >= 0.3 is 0 Å². The van der Waals surface area contributed by atoms with Gasteiger partial charge in [0, 0.05) is 17.8 Å². The Morgan fingerprint density at radius 2 is 1.81 bits per heavy atom. The molecule has 0 saturated heterocycles. The summed E-state index contributed by atoms with van der Waals surface area (Å²) in [6, 6.07) is 15.5. The summed E-state index contributed by atoms with van der Waals surface area (Å²) in [7, 11) is 0. The Bertz CT molecular complexity index is 1470. The van der Waals surface area contributed by atoms with E-state index in [1.54, 1.807) is 10.9 Å². The minimum atomic E-state index is -0.586. The number of carbonyl (C=O) groups excluding carboxylic acids is 1. The Balaban J connectivity index is 1.48. The monoisotopic (exact) mass is 522 g/mol. The summed E-state index contributed by atoms with van der Waals surface area (Å²) in [4.78, 5) is 24.4. The lowest BCUT2D eigenvalue weighted by atomic mass is 10.1. The van der Waals surface area contributed by atoms with Crippen LogP contribution in [0.5, 0.6) is 0 Å². The van der Waals surface area contributed by atoms with Gasteiger partial charge in [-0.05, 0) is 73.4 Å². The first-order valence-electron chi connectivity index (χ1n) is 11.3. The number of aromatic nitrogens is 3. The number of nitro groups is 1. The summed E-state index contributed by atoms with van der Waals surface area (Å²) in [5.41, 5.74) is 4.90. The molecule has 36 heavy (non-hydrogen) atoms. The molecule has 0 aliphatic carbocycles. The molecule has 2 N–H and O–H groups in total. The van der Waals surface area contributed by atoms with Crippen LogP contribution in [-0.4, -0.2) is 30.9 Å². The lowest BCUT2D eigenvalue weighted by Gasteiger charge is -2.12. The maximum absolute atomic E-state index is 12.6. The molecule has 3 aromatic carbocycles. The normalized spacial score (nSPS) is 10.9. The van der Waals surface area contributed by atoms with E-state index in [9.17, 15) is 14.9 Å². The lowest BCUT2D eigenvalue weighted by molar-refractivity contribution is -0.384. The Kier molecular flexibility index (Phi) is 7.56. The highest BCUT2D eigenvalue weighted by Gasteiger charge is 2.17. The van der Waals surface area contributed by atoms with Gasteiger partial charge in [0.1, 0.15) is 11.0 Å². The number of carbonyl (C=O) groups is 1. The molecule has 0 bridgehead atoms. The number of nitrogens with zero attached hydrogens (tertiary/aromatic N) is 4. The number of unbranched alkanes of at least 4 members (excludes halogenated alkanes) is 1. The molecule has 0 saturated carbocycles. The molecule has 0 spiro atoms. The number of amides is 1. The van der Waals surface area contributed by atoms with Gasteiger partial charge in [0.15, 0.2) is 5.11 Å². The van der Waals surface area contributed by atoms with E-state index in [-0.39, 0.29) is 21.4 Å². The average Bonchev–Trinajstić information content (AvgIpc) is 3.25. The predicted molar refractivity (Wildman–Crippen MR) is 144 cm³/mol. The molecule has 0 aliphatic heterocycles. The highest BCUT2D eigenvalue weighted by molar-refractivity contribution is 7.80. The number of nitro benzene ring substituents is 1. The molecular weight excluding hydrogens is 500 g/mol. The van der Waals surface area contributed by atoms with Gasteiger partial charge in [-0.1, -0.05) is 37.1 Å². The van der Waals surface area contributed by atoms with Crippen LogP contribution in [0.25, 0.3) is 16.7 Å². The Labute approximate surface area is 217 Å². The van der Waals surface area contributed by atoms with Gasteiger partial charge in [0.25, 0.3) is 11.6 Å². The van der Waals surface area contributed by atoms with Gasteiger partial charge in [-0.25, -0.2) is 0 Å². The fraction of sp³-hybridized carbons (Fsp3) is 0.200. The average molecular weight is 523 g/mol. The minimum absolute atomic E-state index is 0.0443. The number of aryl methyl sites for hydroxylation is 2. The van der Waals surface area contributed by atoms with Gasteiger partial charge in [-0.3, -0.25) is 20.2 Å². The lowest BCUT2D eigenvalue weighted by Crippen LogP contribution is -2.34. The van der Waals surface area contributed by atoms with Gasteiger partial charge < -0.3 is 5.32 Å². The molecule has 4 aromatic rings. The van der Waals surface area contributed by atoms with Crippen molar-refractivity contribution in [3.8, 4) is 5.69 Å². The Morgan fingerprint density at radius 3 is 2.44 bits per heavy atom. The van der Waals surface area contributed by atoms with Crippen molar-refractivity contribution in [2.45, 2.75) is 33.1 Å². The second kappa shape index (κ2) is 10.8. The molecule has 0 fully saturated rings. The van der Waals surface area contributed by atoms with Crippen molar-refractivity contribution in [1.82, 2.24) is 20.3 Å². The number of hydrogen-bond donors (Lipinski definition) is 2. The van der Waals surface area contributed by atoms with Crippen LogP contribution in [0.4, 0.5) is 11.4 Å². The quantitative estimate of drug-likeness (QED) is 0.180. The molecule has 0 aliphatic rings. The number of halogens is 1. The predicted octanol–water partition coefficient (Wildman–Crippen LogP) is 5.76. The van der Waals surface area contributed by atoms with Crippen LogP contribution in [0.15, 0.2) is 54.6 Å². The molecule has 9 nitrogen and oxygen atoms in total. The van der Waals surface area contributed by atoms with Gasteiger partial charge in [0.05, 0.1) is 21.2 Å². The maximum atomic E-state index is 12.6. The number of thiocarbonyl (C=S) groups is 1. The number of hydrogen-bond acceptors (Lipinski definition) is 6. The second-order valence-corrected chi connectivity index (χ2v) is 9.06. The van der Waals surface area contributed by atoms with Crippen molar-refractivity contribution in [2.24, 2.45) is 0 Å². The number of benzene rings is 3. The van der Waals surface area contributed by atoms with E-state index >= 15 is 0 Å². The number of anilines is 1. The van der Waals surface area contributed by atoms with Crippen molar-refractivity contribution in [3.05, 3.63) is 86.4 Å². The van der Waals surface area contributed by atoms with E-state index < -0.39 is 10.8 Å². The summed E-state index contributed by atoms with van der Waals surface area (Å²) in [6.07, 6.45) is 3.36. The smallest absolute Gasteiger partial charge is 0.270 e. The number of non-ortho nitro benzene ring substituents is 1. The third kappa shape index (κ3) is 5.67. The van der Waals surface area contributed by atoms with E-state index in [2.05, 4.69) is 39.9 Å². The highest BCUT2D eigenvalue weighted by Crippen LogP contribution is 2.24. The first-order chi connectivity index (χ1) is 17.2. The van der Waals surface area contributed by atoms with Crippen LogP contribution in [0.3, 0.4) is 0 Å². The fourth-order valence-corrected chi connectivity index (χ4v) is 4.08. The van der Waals surface area contributed by atoms with Crippen LogP contribution in [0.1, 0.15) is 41.3 Å². The van der Waals surface area contributed by atoms with Crippen LogP contribution in [0, 0.1) is 17.0 Å². The highest BCUT2D eigenvalue weighted by atomic mass is 35.5. The third-order valence-electron chi connectivity index (χ3n) is 5.60. The topological polar surface area (TPSA) is 115 Å². The van der Waals surface area contributed by atoms with Crippen LogP contribution in [0.2, 0.25) is 5.02 Å². The summed E-state index contributed by atoms with van der Waals surface area (Å²) in [6.45, 7) is 4.06. The van der Waals surface area contributed by atoms with E-state index in [1.165, 1.54) is 17.7 Å². The minimum Gasteiger partial charge on any atom is -0.332 e. The molecule has 0 radical (unpaired) electrons. The summed E-state index contributed by atoms with van der Waals surface area (Å²) in [5.74, 6) is -0.584. The standard InChI is InChI=1S/C25H23ClN6O3S/c1-3-4-5-16-6-8-17(9-7-16)31-29-22-12-15(2)21(14-23(22)30-31)27-25(36)28-24(33)19-11-10-18(32(34)35)13-20(19)26/h6-14H,3-5H2,1-2H3,(H2,27,28,33,36). The van der Waals surface area contributed by atoms with Crippen molar-refractivity contribution >= 4 is 57.2 Å². The Morgan fingerprint density at radius 1 is 1.11 bits per heavy atom. The first-order valence-corrected chi connectivity index (χ1v) is 12.1. The molecule has 184 valence electrons. The fourth-order valence-electron chi connectivity index (χ4n) is 3.62. The molecule has 1 amide bonds. The third-order valence-corrected chi connectivity index (χ3v) is 6.11. The van der Waals surface area contributed by atoms with Crippen LogP contribution < -0.4 is 10.6 Å². The molecule has 1 aromatic heterocycles. The largest absolute Gasteiger partial charge is 0.332 e. The van der Waals surface area contributed by atoms with E-state index in [4.69, 9.17) is 23.8 Å². The van der Waals surface area contributed by atoms with Crippen LogP contribution in [-0.2, 0) is 6.42 Å². The molecule has 11 heteroatoms. The molecule has 1 heterocycles. The first kappa shape index (κ1) is 25.2. The van der Waals surface area contributed by atoms with E-state index in [0.717, 1.165) is 42.1 Å². The number of nitrogens with one attached hydrogen (secondary N) is 2.